The van der Waals surface area contributed by atoms with E-state index in [0.29, 0.717) is 26.1 Å². The molecule has 0 aliphatic heterocycles. The van der Waals surface area contributed by atoms with Crippen molar-refractivity contribution >= 4 is 40.0 Å². The minimum absolute atomic E-state index is 0. The van der Waals surface area contributed by atoms with Gasteiger partial charge in [-0.15, -0.1) is 34.2 Å². The number of aromatic nitrogens is 3. The molecule has 0 atom stereocenters. The smallest absolute Gasteiger partial charge is 0.213 e. The molecule has 26 heavy (non-hydrogen) atoms. The molecule has 0 aromatic carbocycles. The van der Waals surface area contributed by atoms with E-state index in [2.05, 4.69) is 32.7 Å². The first-order valence-electron chi connectivity index (χ1n) is 8.77. The van der Waals surface area contributed by atoms with E-state index in [0.717, 1.165) is 31.3 Å². The van der Waals surface area contributed by atoms with E-state index in [1.165, 1.54) is 4.31 Å². The molecule has 0 bridgehead atoms. The molecule has 1 aromatic rings. The van der Waals surface area contributed by atoms with E-state index >= 15 is 0 Å². The van der Waals surface area contributed by atoms with Crippen LogP contribution in [0.15, 0.2) is 11.3 Å². The number of aliphatic imine (C=N–C) groups is 1. The maximum atomic E-state index is 11.7. The zero-order chi connectivity index (χ0) is 18.7. The summed E-state index contributed by atoms with van der Waals surface area (Å²) in [4.78, 5) is 4.49. The van der Waals surface area contributed by atoms with E-state index in [1.807, 2.05) is 11.5 Å². The van der Waals surface area contributed by atoms with Gasteiger partial charge in [0.15, 0.2) is 5.96 Å². The fourth-order valence-corrected chi connectivity index (χ4v) is 3.07. The number of aryl methyl sites for hydroxylation is 1. The minimum atomic E-state index is -3.12. The molecule has 0 aliphatic carbocycles. The van der Waals surface area contributed by atoms with Crippen LogP contribution in [0.4, 0.5) is 0 Å². The number of hydrogen-bond acceptors (Lipinski definition) is 5. The zero-order valence-electron chi connectivity index (χ0n) is 16.1. The van der Waals surface area contributed by atoms with Crippen LogP contribution in [0, 0.1) is 0 Å². The summed E-state index contributed by atoms with van der Waals surface area (Å²) in [6.07, 6.45) is 3.26. The second-order valence-electron chi connectivity index (χ2n) is 5.56. The van der Waals surface area contributed by atoms with Gasteiger partial charge in [-0.3, -0.25) is 4.99 Å². The fourth-order valence-electron chi connectivity index (χ4n) is 2.22. The summed E-state index contributed by atoms with van der Waals surface area (Å²) in [5.41, 5.74) is 0. The Bertz CT molecular complexity index is 634. The van der Waals surface area contributed by atoms with Crippen LogP contribution in [0.2, 0.25) is 0 Å². The van der Waals surface area contributed by atoms with Gasteiger partial charge in [0.1, 0.15) is 12.2 Å². The Morgan fingerprint density at radius 3 is 2.65 bits per heavy atom. The molecule has 0 aliphatic rings. The van der Waals surface area contributed by atoms with Gasteiger partial charge in [-0.2, -0.15) is 0 Å². The molecule has 1 heterocycles. The van der Waals surface area contributed by atoms with Crippen LogP contribution < -0.4 is 10.6 Å². The van der Waals surface area contributed by atoms with Crippen LogP contribution in [0.5, 0.6) is 0 Å². The summed E-state index contributed by atoms with van der Waals surface area (Å²) in [6.45, 7) is 8.98. The predicted octanol–water partition coefficient (Wildman–Crippen LogP) is 0.685. The number of nitrogens with one attached hydrogen (secondary N) is 2. The van der Waals surface area contributed by atoms with Crippen LogP contribution in [0.25, 0.3) is 0 Å². The topological polar surface area (TPSA) is 105 Å². The van der Waals surface area contributed by atoms with Crippen molar-refractivity contribution in [1.82, 2.24) is 29.7 Å². The molecule has 0 amide bonds. The Balaban J connectivity index is 0.00000625. The van der Waals surface area contributed by atoms with Gasteiger partial charge in [0.2, 0.25) is 10.0 Å². The van der Waals surface area contributed by atoms with Gasteiger partial charge in [-0.1, -0.05) is 6.92 Å². The number of sulfonamides is 1. The maximum absolute atomic E-state index is 11.7. The molecule has 2 N–H and O–H groups in total. The number of nitrogens with zero attached hydrogens (tertiary/aromatic N) is 5. The number of rotatable bonds is 11. The van der Waals surface area contributed by atoms with Gasteiger partial charge in [-0.05, 0) is 20.3 Å². The highest BCUT2D eigenvalue weighted by Crippen LogP contribution is 1.99. The average Bonchev–Trinajstić information content (AvgIpc) is 3.05. The van der Waals surface area contributed by atoms with Crippen LogP contribution >= 0.6 is 24.0 Å². The van der Waals surface area contributed by atoms with Gasteiger partial charge in [0, 0.05) is 46.2 Å². The van der Waals surface area contributed by atoms with Gasteiger partial charge in [0.25, 0.3) is 0 Å². The third kappa shape index (κ3) is 8.62. The van der Waals surface area contributed by atoms with Crippen molar-refractivity contribution in [2.75, 3.05) is 39.0 Å². The molecule has 0 fully saturated rings. The van der Waals surface area contributed by atoms with Crippen molar-refractivity contribution < 1.29 is 8.42 Å². The lowest BCUT2D eigenvalue weighted by Gasteiger charge is -2.15. The van der Waals surface area contributed by atoms with Crippen molar-refractivity contribution in [2.24, 2.45) is 4.99 Å². The Morgan fingerprint density at radius 1 is 1.31 bits per heavy atom. The van der Waals surface area contributed by atoms with Crippen molar-refractivity contribution in [3.8, 4) is 0 Å². The Hall–Kier alpha value is -0.950. The lowest BCUT2D eigenvalue weighted by molar-refractivity contribution is 0.464. The monoisotopic (exact) mass is 501 g/mol. The normalized spacial score (nSPS) is 12.1. The van der Waals surface area contributed by atoms with Gasteiger partial charge >= 0.3 is 0 Å². The molecule has 0 saturated heterocycles. The first-order valence-corrected chi connectivity index (χ1v) is 10.4. The van der Waals surface area contributed by atoms with Crippen molar-refractivity contribution in [2.45, 2.75) is 40.2 Å². The predicted molar refractivity (Wildman–Crippen MR) is 116 cm³/mol. The average molecular weight is 501 g/mol. The summed E-state index contributed by atoms with van der Waals surface area (Å²) in [5.74, 6) is 1.82. The van der Waals surface area contributed by atoms with E-state index < -0.39 is 10.0 Å². The highest BCUT2D eigenvalue weighted by Gasteiger charge is 2.13. The summed E-state index contributed by atoms with van der Waals surface area (Å²) in [6, 6.07) is 0. The largest absolute Gasteiger partial charge is 0.357 e. The number of guanidine groups is 1. The fraction of sp³-hybridized carbons (Fsp3) is 0.800. The molecule has 0 radical (unpaired) electrons. The van der Waals surface area contributed by atoms with E-state index in [4.69, 9.17) is 0 Å². The summed E-state index contributed by atoms with van der Waals surface area (Å²) < 4.78 is 26.8. The Morgan fingerprint density at radius 2 is 2.04 bits per heavy atom. The molecular weight excluding hydrogens is 469 g/mol. The lowest BCUT2D eigenvalue weighted by Crippen LogP contribution is -2.39. The maximum Gasteiger partial charge on any atom is 0.213 e. The molecular formula is C15H32IN7O2S. The third-order valence-electron chi connectivity index (χ3n) is 3.74. The molecule has 0 saturated carbocycles. The third-order valence-corrected chi connectivity index (χ3v) is 5.60. The molecule has 11 heteroatoms. The zero-order valence-corrected chi connectivity index (χ0v) is 19.3. The van der Waals surface area contributed by atoms with Crippen LogP contribution in [-0.4, -0.2) is 72.4 Å². The van der Waals surface area contributed by atoms with Gasteiger partial charge < -0.3 is 15.2 Å². The van der Waals surface area contributed by atoms with E-state index in [9.17, 15) is 8.42 Å². The lowest BCUT2D eigenvalue weighted by atomic mass is 10.4. The van der Waals surface area contributed by atoms with Crippen molar-refractivity contribution in [1.29, 1.82) is 0 Å². The highest BCUT2D eigenvalue weighted by molar-refractivity contribution is 14.0. The van der Waals surface area contributed by atoms with Gasteiger partial charge in [0.05, 0.1) is 5.75 Å². The Kier molecular flexibility index (Phi) is 12.8. The quantitative estimate of drug-likeness (QED) is 0.200. The highest BCUT2D eigenvalue weighted by atomic mass is 127. The van der Waals surface area contributed by atoms with Crippen LogP contribution in [0.1, 0.15) is 33.0 Å². The van der Waals surface area contributed by atoms with E-state index in [1.54, 1.807) is 20.3 Å². The molecule has 0 spiro atoms. The van der Waals surface area contributed by atoms with E-state index in [-0.39, 0.29) is 29.7 Å². The number of hydrogen-bond donors (Lipinski definition) is 2. The minimum Gasteiger partial charge on any atom is -0.357 e. The van der Waals surface area contributed by atoms with Gasteiger partial charge in [-0.25, -0.2) is 12.7 Å². The standard InChI is InChI=1S/C15H31N7O2S.HI/c1-5-14-20-19-13-22(14)12-10-18-15(16-6-2)17-9-8-11-21(4)25(23,24)7-3;/h13H,5-12H2,1-4H3,(H2,16,17,18);1H. The summed E-state index contributed by atoms with van der Waals surface area (Å²) >= 11 is 0. The second-order valence-corrected chi connectivity index (χ2v) is 7.92. The molecule has 9 nitrogen and oxygen atoms in total. The molecule has 1 aromatic heterocycles. The number of halogens is 1. The summed E-state index contributed by atoms with van der Waals surface area (Å²) in [7, 11) is -1.51. The molecule has 0 unspecified atom stereocenters. The summed E-state index contributed by atoms with van der Waals surface area (Å²) in [5, 5.41) is 14.4. The second kappa shape index (κ2) is 13.3. The Labute approximate surface area is 174 Å². The SMILES string of the molecule is CCNC(=NCCCN(C)S(=O)(=O)CC)NCCn1cnnc1CC.I. The first kappa shape index (κ1) is 25.1. The molecule has 1 rings (SSSR count). The first-order chi connectivity index (χ1) is 11.9. The van der Waals surface area contributed by atoms with Crippen LogP contribution in [0.3, 0.4) is 0 Å². The van der Waals surface area contributed by atoms with Crippen LogP contribution in [-0.2, 0) is 23.0 Å². The van der Waals surface area contributed by atoms with Crippen molar-refractivity contribution in [3.63, 3.8) is 0 Å². The molecule has 152 valence electrons. The van der Waals surface area contributed by atoms with Crippen molar-refractivity contribution in [3.05, 3.63) is 12.2 Å².